The highest BCUT2D eigenvalue weighted by atomic mass is 15.1. The Morgan fingerprint density at radius 2 is 1.43 bits per heavy atom. The minimum absolute atomic E-state index is 0.397. The molecule has 0 saturated carbocycles. The van der Waals surface area contributed by atoms with Gasteiger partial charge in [0.25, 0.3) is 0 Å². The van der Waals surface area contributed by atoms with Crippen LogP contribution in [0.25, 0.3) is 0 Å². The average Bonchev–Trinajstić information content (AvgIpc) is 2.58. The Labute approximate surface area is 128 Å². The zero-order chi connectivity index (χ0) is 14.5. The highest BCUT2D eigenvalue weighted by Gasteiger charge is 2.34. The van der Waals surface area contributed by atoms with Crippen molar-refractivity contribution in [2.45, 2.75) is 38.1 Å². The first-order chi connectivity index (χ1) is 10.3. The van der Waals surface area contributed by atoms with E-state index in [9.17, 15) is 0 Å². The van der Waals surface area contributed by atoms with Gasteiger partial charge in [-0.25, -0.2) is 0 Å². The Balaban J connectivity index is 1.66. The molecule has 0 spiro atoms. The molecule has 2 aromatic carbocycles. The molecule has 1 aliphatic rings. The smallest absolute Gasteiger partial charge is 0.0233 e. The molecule has 0 unspecified atom stereocenters. The summed E-state index contributed by atoms with van der Waals surface area (Å²) in [5.74, 6) is 0. The first kappa shape index (κ1) is 14.3. The molecule has 1 heterocycles. The predicted octanol–water partition coefficient (Wildman–Crippen LogP) is 4.63. The van der Waals surface area contributed by atoms with Crippen molar-refractivity contribution in [3.8, 4) is 0 Å². The number of benzene rings is 2. The van der Waals surface area contributed by atoms with Crippen molar-refractivity contribution < 1.29 is 0 Å². The van der Waals surface area contributed by atoms with Gasteiger partial charge in [0.05, 0.1) is 0 Å². The van der Waals surface area contributed by atoms with Gasteiger partial charge in [0.15, 0.2) is 0 Å². The highest BCUT2D eigenvalue weighted by Crippen LogP contribution is 2.38. The van der Waals surface area contributed by atoms with Gasteiger partial charge in [-0.2, -0.15) is 0 Å². The van der Waals surface area contributed by atoms with Crippen molar-refractivity contribution in [3.63, 3.8) is 0 Å². The summed E-state index contributed by atoms with van der Waals surface area (Å²) < 4.78 is 0. The Hall–Kier alpha value is -1.60. The third-order valence-electron chi connectivity index (χ3n) is 5.13. The number of piperidine rings is 1. The van der Waals surface area contributed by atoms with E-state index < -0.39 is 0 Å². The molecule has 1 fully saturated rings. The van der Waals surface area contributed by atoms with E-state index in [1.54, 1.807) is 0 Å². The van der Waals surface area contributed by atoms with Crippen LogP contribution in [0.5, 0.6) is 0 Å². The summed E-state index contributed by atoms with van der Waals surface area (Å²) in [4.78, 5) is 2.60. The van der Waals surface area contributed by atoms with Crippen LogP contribution in [0.1, 0.15) is 37.3 Å². The van der Waals surface area contributed by atoms with E-state index in [4.69, 9.17) is 0 Å². The van der Waals surface area contributed by atoms with Crippen LogP contribution < -0.4 is 0 Å². The monoisotopic (exact) mass is 279 g/mol. The molecule has 0 bridgehead atoms. The first-order valence-corrected chi connectivity index (χ1v) is 8.14. The summed E-state index contributed by atoms with van der Waals surface area (Å²) in [7, 11) is 0. The summed E-state index contributed by atoms with van der Waals surface area (Å²) in [6, 6.07) is 22.0. The third kappa shape index (κ3) is 3.19. The van der Waals surface area contributed by atoms with Crippen molar-refractivity contribution in [2.75, 3.05) is 13.1 Å². The summed E-state index contributed by atoms with van der Waals surface area (Å²) in [6.45, 7) is 5.85. The van der Waals surface area contributed by atoms with E-state index >= 15 is 0 Å². The van der Waals surface area contributed by atoms with Crippen LogP contribution in [0.3, 0.4) is 0 Å². The molecule has 0 atom stereocenters. The fourth-order valence-corrected chi connectivity index (χ4v) is 3.62. The molecule has 0 N–H and O–H groups in total. The quantitative estimate of drug-likeness (QED) is 0.788. The molecule has 110 valence electrons. The standard InChI is InChI=1S/C20H25N/c1-2-20(19-11-7-4-8-12-19)13-15-21(16-14-20)17-18-9-5-3-6-10-18/h3-12H,2,13-17H2,1H3. The highest BCUT2D eigenvalue weighted by molar-refractivity contribution is 5.26. The Morgan fingerprint density at radius 3 is 2.00 bits per heavy atom. The topological polar surface area (TPSA) is 3.24 Å². The average molecular weight is 279 g/mol. The molecular weight excluding hydrogens is 254 g/mol. The van der Waals surface area contributed by atoms with E-state index in [0.717, 1.165) is 6.54 Å². The van der Waals surface area contributed by atoms with Crippen LogP contribution in [-0.4, -0.2) is 18.0 Å². The number of hydrogen-bond acceptors (Lipinski definition) is 1. The number of likely N-dealkylation sites (tertiary alicyclic amines) is 1. The molecule has 3 rings (SSSR count). The molecular formula is C20H25N. The molecule has 2 aromatic rings. The lowest BCUT2D eigenvalue weighted by Gasteiger charge is -2.42. The lowest BCUT2D eigenvalue weighted by atomic mass is 9.71. The summed E-state index contributed by atoms with van der Waals surface area (Å²) in [6.07, 6.45) is 3.80. The second-order valence-electron chi connectivity index (χ2n) is 6.26. The van der Waals surface area contributed by atoms with Crippen molar-refractivity contribution in [3.05, 3.63) is 71.8 Å². The van der Waals surface area contributed by atoms with Crippen molar-refractivity contribution >= 4 is 0 Å². The molecule has 1 saturated heterocycles. The molecule has 1 heteroatoms. The Bertz CT molecular complexity index is 539. The number of nitrogens with zero attached hydrogens (tertiary/aromatic N) is 1. The zero-order valence-corrected chi connectivity index (χ0v) is 13.0. The van der Waals surface area contributed by atoms with Gasteiger partial charge in [-0.05, 0) is 48.9 Å². The van der Waals surface area contributed by atoms with Crippen LogP contribution in [-0.2, 0) is 12.0 Å². The van der Waals surface area contributed by atoms with Gasteiger partial charge in [0.1, 0.15) is 0 Å². The zero-order valence-electron chi connectivity index (χ0n) is 13.0. The molecule has 1 nitrogen and oxygen atoms in total. The van der Waals surface area contributed by atoms with Crippen LogP contribution in [0, 0.1) is 0 Å². The lowest BCUT2D eigenvalue weighted by Crippen LogP contribution is -2.41. The van der Waals surface area contributed by atoms with E-state index in [2.05, 4.69) is 72.5 Å². The lowest BCUT2D eigenvalue weighted by molar-refractivity contribution is 0.149. The van der Waals surface area contributed by atoms with Gasteiger partial charge in [-0.3, -0.25) is 4.90 Å². The van der Waals surface area contributed by atoms with E-state index in [1.165, 1.54) is 43.5 Å². The summed E-state index contributed by atoms with van der Waals surface area (Å²) in [5, 5.41) is 0. The number of rotatable bonds is 4. The van der Waals surface area contributed by atoms with Gasteiger partial charge in [0.2, 0.25) is 0 Å². The third-order valence-corrected chi connectivity index (χ3v) is 5.13. The minimum atomic E-state index is 0.397. The van der Waals surface area contributed by atoms with Crippen molar-refractivity contribution in [1.29, 1.82) is 0 Å². The maximum absolute atomic E-state index is 2.60. The van der Waals surface area contributed by atoms with E-state index in [1.807, 2.05) is 0 Å². The van der Waals surface area contributed by atoms with Crippen LogP contribution in [0.15, 0.2) is 60.7 Å². The molecule has 1 aliphatic heterocycles. The molecule has 0 aromatic heterocycles. The summed E-state index contributed by atoms with van der Waals surface area (Å²) in [5.41, 5.74) is 3.36. The Kier molecular flexibility index (Phi) is 4.40. The number of hydrogen-bond donors (Lipinski definition) is 0. The van der Waals surface area contributed by atoms with Crippen LogP contribution in [0.4, 0.5) is 0 Å². The van der Waals surface area contributed by atoms with Crippen LogP contribution in [0.2, 0.25) is 0 Å². The van der Waals surface area contributed by atoms with Gasteiger partial charge in [0, 0.05) is 6.54 Å². The van der Waals surface area contributed by atoms with Crippen molar-refractivity contribution in [2.24, 2.45) is 0 Å². The first-order valence-electron chi connectivity index (χ1n) is 8.14. The van der Waals surface area contributed by atoms with Gasteiger partial charge in [-0.15, -0.1) is 0 Å². The molecule has 21 heavy (non-hydrogen) atoms. The second-order valence-corrected chi connectivity index (χ2v) is 6.26. The SMILES string of the molecule is CCC1(c2ccccc2)CCN(Cc2ccccc2)CC1. The molecule has 0 radical (unpaired) electrons. The molecule has 0 amide bonds. The maximum Gasteiger partial charge on any atom is 0.0233 e. The fraction of sp³-hybridized carbons (Fsp3) is 0.400. The van der Waals surface area contributed by atoms with Gasteiger partial charge >= 0.3 is 0 Å². The van der Waals surface area contributed by atoms with Crippen LogP contribution >= 0.6 is 0 Å². The Morgan fingerprint density at radius 1 is 0.857 bits per heavy atom. The summed E-state index contributed by atoms with van der Waals surface area (Å²) >= 11 is 0. The van der Waals surface area contributed by atoms with Gasteiger partial charge in [-0.1, -0.05) is 67.6 Å². The van der Waals surface area contributed by atoms with E-state index in [-0.39, 0.29) is 0 Å². The normalized spacial score (nSPS) is 18.5. The van der Waals surface area contributed by atoms with Crippen molar-refractivity contribution in [1.82, 2.24) is 4.90 Å². The van der Waals surface area contributed by atoms with E-state index in [0.29, 0.717) is 5.41 Å². The largest absolute Gasteiger partial charge is 0.299 e. The predicted molar refractivity (Wildman–Crippen MR) is 89.4 cm³/mol. The second kappa shape index (κ2) is 6.44. The fourth-order valence-electron chi connectivity index (χ4n) is 3.62. The maximum atomic E-state index is 2.60. The molecule has 0 aliphatic carbocycles. The van der Waals surface area contributed by atoms with Gasteiger partial charge < -0.3 is 0 Å². The minimum Gasteiger partial charge on any atom is -0.299 e.